The van der Waals surface area contributed by atoms with E-state index in [1.807, 2.05) is 0 Å². The van der Waals surface area contributed by atoms with Crippen LogP contribution in [-0.2, 0) is 17.9 Å². The van der Waals surface area contributed by atoms with E-state index in [0.29, 0.717) is 17.9 Å². The van der Waals surface area contributed by atoms with Crippen LogP contribution in [0.4, 0.5) is 0 Å². The molecule has 0 aliphatic carbocycles. The molecule has 0 atom stereocenters. The maximum Gasteiger partial charge on any atom is 0.258 e. The molecule has 2 aromatic rings. The van der Waals surface area contributed by atoms with Crippen LogP contribution < -0.4 is 10.1 Å². The van der Waals surface area contributed by atoms with E-state index in [0.717, 1.165) is 18.0 Å². The fraction of sp³-hybridized carbons (Fsp3) is 0.417. The zero-order chi connectivity index (χ0) is 20.6. The molecule has 0 bridgehead atoms. The van der Waals surface area contributed by atoms with Crippen molar-refractivity contribution in [3.63, 3.8) is 0 Å². The fourth-order valence-electron chi connectivity index (χ4n) is 3.43. The molecule has 1 N–H and O–H groups in total. The number of ketones is 1. The second-order valence-electron chi connectivity index (χ2n) is 7.92. The molecule has 1 amide bonds. The van der Waals surface area contributed by atoms with E-state index < -0.39 is 0 Å². The minimum absolute atomic E-state index is 0.00541. The summed E-state index contributed by atoms with van der Waals surface area (Å²) >= 11 is 0. The van der Waals surface area contributed by atoms with E-state index in [1.165, 1.54) is 38.4 Å². The molecule has 0 spiro atoms. The average Bonchev–Trinajstić information content (AvgIpc) is 2.73. The van der Waals surface area contributed by atoms with Gasteiger partial charge in [-0.05, 0) is 74.2 Å². The molecule has 1 heterocycles. The summed E-state index contributed by atoms with van der Waals surface area (Å²) in [5.74, 6) is 1.25. The van der Waals surface area contributed by atoms with Crippen LogP contribution in [0.5, 0.6) is 5.75 Å². The molecule has 5 nitrogen and oxygen atoms in total. The van der Waals surface area contributed by atoms with Crippen LogP contribution in [-0.4, -0.2) is 36.3 Å². The van der Waals surface area contributed by atoms with Crippen molar-refractivity contribution in [3.8, 4) is 5.75 Å². The number of rotatable bonds is 8. The second kappa shape index (κ2) is 10.2. The lowest BCUT2D eigenvalue weighted by atomic mass is 9.99. The van der Waals surface area contributed by atoms with Gasteiger partial charge in [0, 0.05) is 18.7 Å². The van der Waals surface area contributed by atoms with E-state index in [1.54, 1.807) is 24.3 Å². The number of hydrogen-bond acceptors (Lipinski definition) is 4. The summed E-state index contributed by atoms with van der Waals surface area (Å²) in [6.45, 7) is 7.62. The highest BCUT2D eigenvalue weighted by atomic mass is 16.5. The Kier molecular flexibility index (Phi) is 7.42. The third-order valence-electron chi connectivity index (χ3n) is 5.43. The lowest BCUT2D eigenvalue weighted by Crippen LogP contribution is -2.32. The Morgan fingerprint density at radius 2 is 1.62 bits per heavy atom. The molecule has 0 saturated carbocycles. The van der Waals surface area contributed by atoms with Gasteiger partial charge < -0.3 is 10.1 Å². The standard InChI is InChI=1S/C24H30N2O3/c1-18-11-13-26(14-12-18)16-21-5-3-20(4-6-21)15-25-24(28)17-29-23-9-7-22(8-10-23)19(2)27/h3-10,18H,11-17H2,1-2H3,(H,25,28). The van der Waals surface area contributed by atoms with Gasteiger partial charge in [-0.1, -0.05) is 31.2 Å². The molecule has 2 aromatic carbocycles. The molecule has 1 fully saturated rings. The predicted octanol–water partition coefficient (Wildman–Crippen LogP) is 3.82. The summed E-state index contributed by atoms with van der Waals surface area (Å²) < 4.78 is 5.47. The Morgan fingerprint density at radius 1 is 1.00 bits per heavy atom. The number of benzene rings is 2. The maximum absolute atomic E-state index is 12.0. The van der Waals surface area contributed by atoms with Gasteiger partial charge in [0.2, 0.25) is 0 Å². The van der Waals surface area contributed by atoms with E-state index in [9.17, 15) is 9.59 Å². The number of nitrogens with one attached hydrogen (secondary N) is 1. The van der Waals surface area contributed by atoms with Crippen LogP contribution in [0.15, 0.2) is 48.5 Å². The lowest BCUT2D eigenvalue weighted by molar-refractivity contribution is -0.123. The monoisotopic (exact) mass is 394 g/mol. The Morgan fingerprint density at radius 3 is 2.24 bits per heavy atom. The van der Waals surface area contributed by atoms with Gasteiger partial charge in [0.15, 0.2) is 12.4 Å². The number of carbonyl (C=O) groups is 2. The van der Waals surface area contributed by atoms with Gasteiger partial charge in [-0.15, -0.1) is 0 Å². The smallest absolute Gasteiger partial charge is 0.258 e. The first-order valence-corrected chi connectivity index (χ1v) is 10.3. The number of piperidine rings is 1. The molecular weight excluding hydrogens is 364 g/mol. The number of carbonyl (C=O) groups excluding carboxylic acids is 2. The van der Waals surface area contributed by atoms with Crippen LogP contribution in [0.25, 0.3) is 0 Å². The van der Waals surface area contributed by atoms with Gasteiger partial charge in [-0.2, -0.15) is 0 Å². The quantitative estimate of drug-likeness (QED) is 0.692. The van der Waals surface area contributed by atoms with Crippen LogP contribution >= 0.6 is 0 Å². The molecule has 0 aromatic heterocycles. The average molecular weight is 395 g/mol. The first kappa shape index (κ1) is 21.1. The Labute approximate surface area is 173 Å². The van der Waals surface area contributed by atoms with Crippen molar-refractivity contribution < 1.29 is 14.3 Å². The summed E-state index contributed by atoms with van der Waals surface area (Å²) in [7, 11) is 0. The lowest BCUT2D eigenvalue weighted by Gasteiger charge is -2.30. The number of Topliss-reactive ketones (excluding diaryl/α,β-unsaturated/α-hetero) is 1. The van der Waals surface area contributed by atoms with Crippen molar-refractivity contribution in [2.45, 2.75) is 39.8 Å². The van der Waals surface area contributed by atoms with Gasteiger partial charge in [0.1, 0.15) is 5.75 Å². The van der Waals surface area contributed by atoms with Crippen LogP contribution in [0.1, 0.15) is 48.2 Å². The van der Waals surface area contributed by atoms with Crippen molar-refractivity contribution in [3.05, 3.63) is 65.2 Å². The van der Waals surface area contributed by atoms with Gasteiger partial charge in [-0.25, -0.2) is 0 Å². The number of amides is 1. The van der Waals surface area contributed by atoms with Crippen molar-refractivity contribution in [1.82, 2.24) is 10.2 Å². The molecule has 1 aliphatic rings. The Balaban J connectivity index is 1.39. The number of nitrogens with zero attached hydrogens (tertiary/aromatic N) is 1. The van der Waals surface area contributed by atoms with Crippen molar-refractivity contribution >= 4 is 11.7 Å². The number of ether oxygens (including phenoxy) is 1. The third kappa shape index (κ3) is 6.71. The zero-order valence-corrected chi connectivity index (χ0v) is 17.3. The first-order valence-electron chi connectivity index (χ1n) is 10.3. The molecule has 0 unspecified atom stereocenters. The van der Waals surface area contributed by atoms with Crippen molar-refractivity contribution in [2.24, 2.45) is 5.92 Å². The Hall–Kier alpha value is -2.66. The van der Waals surface area contributed by atoms with Crippen molar-refractivity contribution in [1.29, 1.82) is 0 Å². The molecule has 29 heavy (non-hydrogen) atoms. The van der Waals surface area contributed by atoms with Gasteiger partial charge in [0.05, 0.1) is 0 Å². The van der Waals surface area contributed by atoms with Crippen LogP contribution in [0.2, 0.25) is 0 Å². The second-order valence-corrected chi connectivity index (χ2v) is 7.92. The first-order chi connectivity index (χ1) is 14.0. The molecule has 1 saturated heterocycles. The largest absolute Gasteiger partial charge is 0.484 e. The van der Waals surface area contributed by atoms with Crippen LogP contribution in [0.3, 0.4) is 0 Å². The molecular formula is C24H30N2O3. The van der Waals surface area contributed by atoms with Gasteiger partial charge >= 0.3 is 0 Å². The molecule has 1 aliphatic heterocycles. The van der Waals surface area contributed by atoms with E-state index in [2.05, 4.69) is 41.4 Å². The molecule has 3 rings (SSSR count). The summed E-state index contributed by atoms with van der Waals surface area (Å²) in [4.78, 5) is 25.8. The number of likely N-dealkylation sites (tertiary alicyclic amines) is 1. The molecule has 154 valence electrons. The van der Waals surface area contributed by atoms with Gasteiger partial charge in [0.25, 0.3) is 5.91 Å². The van der Waals surface area contributed by atoms with Crippen molar-refractivity contribution in [2.75, 3.05) is 19.7 Å². The van der Waals surface area contributed by atoms with E-state index in [4.69, 9.17) is 4.74 Å². The topological polar surface area (TPSA) is 58.6 Å². The summed E-state index contributed by atoms with van der Waals surface area (Å²) in [6, 6.07) is 15.2. The van der Waals surface area contributed by atoms with E-state index >= 15 is 0 Å². The summed E-state index contributed by atoms with van der Waals surface area (Å²) in [6.07, 6.45) is 2.57. The zero-order valence-electron chi connectivity index (χ0n) is 17.3. The highest BCUT2D eigenvalue weighted by molar-refractivity contribution is 5.94. The normalized spacial score (nSPS) is 15.1. The SMILES string of the molecule is CC(=O)c1ccc(OCC(=O)NCc2ccc(CN3CCC(C)CC3)cc2)cc1. The van der Waals surface area contributed by atoms with Gasteiger partial charge in [-0.3, -0.25) is 14.5 Å². The highest BCUT2D eigenvalue weighted by Gasteiger charge is 2.15. The summed E-state index contributed by atoms with van der Waals surface area (Å²) in [5.41, 5.74) is 3.01. The predicted molar refractivity (Wildman–Crippen MR) is 114 cm³/mol. The highest BCUT2D eigenvalue weighted by Crippen LogP contribution is 2.18. The minimum atomic E-state index is -0.174. The molecule has 5 heteroatoms. The number of hydrogen-bond donors (Lipinski definition) is 1. The molecule has 0 radical (unpaired) electrons. The van der Waals surface area contributed by atoms with E-state index in [-0.39, 0.29) is 18.3 Å². The summed E-state index contributed by atoms with van der Waals surface area (Å²) in [5, 5.41) is 2.88. The minimum Gasteiger partial charge on any atom is -0.484 e. The third-order valence-corrected chi connectivity index (χ3v) is 5.43. The Bertz CT molecular complexity index is 807. The maximum atomic E-state index is 12.0. The van der Waals surface area contributed by atoms with Crippen LogP contribution in [0, 0.1) is 5.92 Å². The fourth-order valence-corrected chi connectivity index (χ4v) is 3.43.